The van der Waals surface area contributed by atoms with Crippen LogP contribution in [0.15, 0.2) is 18.2 Å². The Hall–Kier alpha value is -0.320. The third-order valence-electron chi connectivity index (χ3n) is 3.42. The molecule has 0 radical (unpaired) electrons. The van der Waals surface area contributed by atoms with Gasteiger partial charge in [0.25, 0.3) is 0 Å². The maximum absolute atomic E-state index is 6.20. The van der Waals surface area contributed by atoms with Crippen LogP contribution in [0.4, 0.5) is 0 Å². The zero-order valence-electron chi connectivity index (χ0n) is 10.4. The lowest BCUT2D eigenvalue weighted by atomic mass is 10.0. The molecule has 2 atom stereocenters. The van der Waals surface area contributed by atoms with Crippen molar-refractivity contribution in [3.8, 4) is 0 Å². The average Bonchev–Trinajstić information content (AvgIpc) is 2.37. The summed E-state index contributed by atoms with van der Waals surface area (Å²) in [6, 6.07) is 5.86. The largest absolute Gasteiger partial charge is 0.379 e. The Morgan fingerprint density at radius 3 is 2.94 bits per heavy atom. The van der Waals surface area contributed by atoms with Crippen molar-refractivity contribution in [1.29, 1.82) is 0 Å². The molecule has 3 nitrogen and oxygen atoms in total. The summed E-state index contributed by atoms with van der Waals surface area (Å²) >= 11 is 12.2. The zero-order chi connectivity index (χ0) is 13.1. The minimum Gasteiger partial charge on any atom is -0.379 e. The molecule has 1 aromatic carbocycles. The number of benzene rings is 1. The van der Waals surface area contributed by atoms with Crippen LogP contribution in [0.2, 0.25) is 10.0 Å². The smallest absolute Gasteiger partial charge is 0.0849 e. The first-order chi connectivity index (χ1) is 8.61. The maximum atomic E-state index is 6.20. The summed E-state index contributed by atoms with van der Waals surface area (Å²) in [5, 5.41) is 1.24. The molecule has 1 heterocycles. The SMILES string of the molecule is CO[C@@H]1CN(Cc2cccc(Cl)c2Cl)CC[C@@H]1N. The quantitative estimate of drug-likeness (QED) is 0.929. The lowest BCUT2D eigenvalue weighted by molar-refractivity contribution is 0.0140. The lowest BCUT2D eigenvalue weighted by Crippen LogP contribution is -2.51. The Bertz CT molecular complexity index is 414. The molecule has 1 aromatic rings. The van der Waals surface area contributed by atoms with E-state index in [1.165, 1.54) is 0 Å². The molecule has 1 fully saturated rings. The minimum atomic E-state index is 0.0942. The Morgan fingerprint density at radius 1 is 1.44 bits per heavy atom. The van der Waals surface area contributed by atoms with E-state index in [0.29, 0.717) is 10.0 Å². The van der Waals surface area contributed by atoms with E-state index in [2.05, 4.69) is 4.90 Å². The molecule has 2 rings (SSSR count). The Kier molecular flexibility index (Phi) is 4.87. The van der Waals surface area contributed by atoms with Gasteiger partial charge in [0.05, 0.1) is 16.1 Å². The third kappa shape index (κ3) is 3.16. The summed E-state index contributed by atoms with van der Waals surface area (Å²) in [4.78, 5) is 2.30. The van der Waals surface area contributed by atoms with E-state index >= 15 is 0 Å². The van der Waals surface area contributed by atoms with Crippen molar-refractivity contribution < 1.29 is 4.74 Å². The lowest BCUT2D eigenvalue weighted by Gasteiger charge is -2.36. The molecule has 0 spiro atoms. The molecular formula is C13H18Cl2N2O. The van der Waals surface area contributed by atoms with Crippen LogP contribution < -0.4 is 5.73 Å². The molecule has 1 aliphatic heterocycles. The fraction of sp³-hybridized carbons (Fsp3) is 0.538. The normalized spacial score (nSPS) is 25.3. The molecule has 1 saturated heterocycles. The van der Waals surface area contributed by atoms with E-state index in [0.717, 1.165) is 31.6 Å². The van der Waals surface area contributed by atoms with Gasteiger partial charge in [-0.15, -0.1) is 0 Å². The predicted molar refractivity (Wildman–Crippen MR) is 75.1 cm³/mol. The van der Waals surface area contributed by atoms with Crippen LogP contribution >= 0.6 is 23.2 Å². The molecule has 0 aromatic heterocycles. The van der Waals surface area contributed by atoms with Gasteiger partial charge in [-0.2, -0.15) is 0 Å². The summed E-state index contributed by atoms with van der Waals surface area (Å²) in [7, 11) is 1.71. The molecule has 2 N–H and O–H groups in total. The average molecular weight is 289 g/mol. The van der Waals surface area contributed by atoms with Crippen LogP contribution in [0.1, 0.15) is 12.0 Å². The van der Waals surface area contributed by atoms with E-state index in [1.807, 2.05) is 12.1 Å². The van der Waals surface area contributed by atoms with Gasteiger partial charge in [-0.3, -0.25) is 4.90 Å². The highest BCUT2D eigenvalue weighted by Crippen LogP contribution is 2.27. The van der Waals surface area contributed by atoms with Crippen LogP contribution in [0.3, 0.4) is 0 Å². The Labute approximate surface area is 118 Å². The number of likely N-dealkylation sites (tertiary alicyclic amines) is 1. The van der Waals surface area contributed by atoms with Crippen molar-refractivity contribution in [2.75, 3.05) is 20.2 Å². The molecule has 0 unspecified atom stereocenters. The first-order valence-electron chi connectivity index (χ1n) is 6.05. The number of hydrogen-bond acceptors (Lipinski definition) is 3. The highest BCUT2D eigenvalue weighted by molar-refractivity contribution is 6.42. The number of methoxy groups -OCH3 is 1. The van der Waals surface area contributed by atoms with Crippen LogP contribution in [-0.4, -0.2) is 37.2 Å². The molecule has 18 heavy (non-hydrogen) atoms. The van der Waals surface area contributed by atoms with Crippen LogP contribution in [-0.2, 0) is 11.3 Å². The van der Waals surface area contributed by atoms with Crippen molar-refractivity contribution in [3.63, 3.8) is 0 Å². The van der Waals surface area contributed by atoms with E-state index in [-0.39, 0.29) is 12.1 Å². The maximum Gasteiger partial charge on any atom is 0.0849 e. The monoisotopic (exact) mass is 288 g/mol. The van der Waals surface area contributed by atoms with Gasteiger partial charge in [-0.1, -0.05) is 35.3 Å². The van der Waals surface area contributed by atoms with Gasteiger partial charge in [-0.05, 0) is 18.1 Å². The van der Waals surface area contributed by atoms with Gasteiger partial charge in [0, 0.05) is 32.8 Å². The van der Waals surface area contributed by atoms with Crippen molar-refractivity contribution in [1.82, 2.24) is 4.90 Å². The van der Waals surface area contributed by atoms with Crippen molar-refractivity contribution in [3.05, 3.63) is 33.8 Å². The number of rotatable bonds is 3. The van der Waals surface area contributed by atoms with Crippen molar-refractivity contribution >= 4 is 23.2 Å². The highest BCUT2D eigenvalue weighted by atomic mass is 35.5. The van der Waals surface area contributed by atoms with Gasteiger partial charge in [0.1, 0.15) is 0 Å². The Morgan fingerprint density at radius 2 is 2.22 bits per heavy atom. The molecular weight excluding hydrogens is 271 g/mol. The van der Waals surface area contributed by atoms with Gasteiger partial charge >= 0.3 is 0 Å². The summed E-state index contributed by atoms with van der Waals surface area (Å²) in [5.41, 5.74) is 7.05. The van der Waals surface area contributed by atoms with E-state index in [1.54, 1.807) is 13.2 Å². The fourth-order valence-corrected chi connectivity index (χ4v) is 2.68. The molecule has 1 aliphatic rings. The number of hydrogen-bond donors (Lipinski definition) is 1. The third-order valence-corrected chi connectivity index (χ3v) is 4.28. The number of ether oxygens (including phenoxy) is 1. The summed E-state index contributed by atoms with van der Waals surface area (Å²) in [6.45, 7) is 2.58. The van der Waals surface area contributed by atoms with Crippen molar-refractivity contribution in [2.45, 2.75) is 25.1 Å². The predicted octanol–water partition coefficient (Wildman–Crippen LogP) is 2.54. The number of nitrogens with two attached hydrogens (primary N) is 1. The first kappa shape index (κ1) is 14.1. The second-order valence-electron chi connectivity index (χ2n) is 4.67. The topological polar surface area (TPSA) is 38.5 Å². The molecule has 5 heteroatoms. The molecule has 0 aliphatic carbocycles. The summed E-state index contributed by atoms with van der Waals surface area (Å²) < 4.78 is 5.40. The first-order valence-corrected chi connectivity index (χ1v) is 6.81. The highest BCUT2D eigenvalue weighted by Gasteiger charge is 2.26. The van der Waals surface area contributed by atoms with E-state index < -0.39 is 0 Å². The van der Waals surface area contributed by atoms with Crippen molar-refractivity contribution in [2.24, 2.45) is 5.73 Å². The van der Waals surface area contributed by atoms with Crippen LogP contribution in [0.25, 0.3) is 0 Å². The standard InChI is InChI=1S/C13H18Cl2N2O/c1-18-12-8-17(6-5-11(12)16)7-9-3-2-4-10(14)13(9)15/h2-4,11-12H,5-8,16H2,1H3/t11-,12+/m0/s1. The van der Waals surface area contributed by atoms with Gasteiger partial charge in [0.2, 0.25) is 0 Å². The molecule has 0 bridgehead atoms. The Balaban J connectivity index is 2.03. The second-order valence-corrected chi connectivity index (χ2v) is 5.46. The van der Waals surface area contributed by atoms with Crippen LogP contribution in [0.5, 0.6) is 0 Å². The van der Waals surface area contributed by atoms with Gasteiger partial charge < -0.3 is 10.5 Å². The minimum absolute atomic E-state index is 0.0942. The van der Waals surface area contributed by atoms with E-state index in [9.17, 15) is 0 Å². The van der Waals surface area contributed by atoms with Crippen LogP contribution in [0, 0.1) is 0 Å². The zero-order valence-corrected chi connectivity index (χ0v) is 11.9. The van der Waals surface area contributed by atoms with Gasteiger partial charge in [-0.25, -0.2) is 0 Å². The summed E-state index contributed by atoms with van der Waals surface area (Å²) in [5.74, 6) is 0. The van der Waals surface area contributed by atoms with Gasteiger partial charge in [0.15, 0.2) is 0 Å². The number of nitrogens with zero attached hydrogens (tertiary/aromatic N) is 1. The fourth-order valence-electron chi connectivity index (χ4n) is 2.30. The number of halogens is 2. The molecule has 0 saturated carbocycles. The summed E-state index contributed by atoms with van der Waals surface area (Å²) in [6.07, 6.45) is 1.04. The second kappa shape index (κ2) is 6.22. The molecule has 100 valence electrons. The molecule has 0 amide bonds. The van der Waals surface area contributed by atoms with E-state index in [4.69, 9.17) is 33.7 Å². The number of piperidine rings is 1.